The third kappa shape index (κ3) is 3.67. The molecule has 1 N–H and O–H groups in total. The van der Waals surface area contributed by atoms with E-state index >= 15 is 0 Å². The van der Waals surface area contributed by atoms with Gasteiger partial charge in [0.05, 0.1) is 23.9 Å². The highest BCUT2D eigenvalue weighted by Gasteiger charge is 2.23. The van der Waals surface area contributed by atoms with Gasteiger partial charge in [-0.3, -0.25) is 9.55 Å². The Bertz CT molecular complexity index is 1390. The molecule has 5 aromatic rings. The second-order valence-electron chi connectivity index (χ2n) is 8.08. The van der Waals surface area contributed by atoms with Crippen LogP contribution in [0.25, 0.3) is 33.2 Å². The first-order valence-corrected chi connectivity index (χ1v) is 11.9. The summed E-state index contributed by atoms with van der Waals surface area (Å²) in [7, 11) is 0. The molecule has 0 spiro atoms. The first-order valence-electron chi connectivity index (χ1n) is 10.9. The minimum atomic E-state index is 0.202. The highest BCUT2D eigenvalue weighted by Crippen LogP contribution is 2.32. The molecule has 1 unspecified atom stereocenters. The molecule has 1 aliphatic rings. The smallest absolute Gasteiger partial charge is 0.191 e. The number of hydrogen-bond donors (Lipinski definition) is 1. The molecule has 0 bridgehead atoms. The number of ether oxygens (including phenoxy) is 1. The fraction of sp³-hybridized carbons (Fsp3) is 0.240. The summed E-state index contributed by atoms with van der Waals surface area (Å²) in [6.07, 6.45) is 4.41. The van der Waals surface area contributed by atoms with Crippen molar-refractivity contribution < 1.29 is 4.74 Å². The van der Waals surface area contributed by atoms with Crippen molar-refractivity contribution in [2.75, 3.05) is 6.61 Å². The predicted octanol–water partition coefficient (Wildman–Crippen LogP) is 5.45. The molecule has 1 fully saturated rings. The number of benzene rings is 2. The lowest BCUT2D eigenvalue weighted by atomic mass is 10.1. The zero-order valence-corrected chi connectivity index (χ0v) is 18.4. The van der Waals surface area contributed by atoms with E-state index in [4.69, 9.17) is 9.72 Å². The molecular weight excluding hydrogens is 418 g/mol. The zero-order valence-electron chi connectivity index (χ0n) is 17.6. The Morgan fingerprint density at radius 2 is 1.94 bits per heavy atom. The van der Waals surface area contributed by atoms with Gasteiger partial charge in [-0.05, 0) is 31.0 Å². The van der Waals surface area contributed by atoms with Crippen molar-refractivity contribution in [2.24, 2.45) is 0 Å². The maximum absolute atomic E-state index is 5.95. The topological polar surface area (TPSA) is 68.6 Å². The minimum Gasteiger partial charge on any atom is -0.376 e. The normalized spacial score (nSPS) is 16.3. The Balaban J connectivity index is 1.33. The van der Waals surface area contributed by atoms with Crippen LogP contribution >= 0.6 is 11.8 Å². The number of nitrogens with one attached hydrogen (secondary N) is 1. The third-order valence-electron chi connectivity index (χ3n) is 5.96. The quantitative estimate of drug-likeness (QED) is 0.355. The van der Waals surface area contributed by atoms with Gasteiger partial charge in [-0.1, -0.05) is 54.2 Å². The van der Waals surface area contributed by atoms with Crippen LogP contribution in [0, 0.1) is 0 Å². The summed E-state index contributed by atoms with van der Waals surface area (Å²) >= 11 is 1.68. The summed E-state index contributed by atoms with van der Waals surface area (Å²) in [6.45, 7) is 1.59. The van der Waals surface area contributed by atoms with E-state index in [1.165, 1.54) is 0 Å². The van der Waals surface area contributed by atoms with Crippen LogP contribution in [0.3, 0.4) is 0 Å². The SMILES string of the molecule is c1ccc2nc(CSc3nnc(-c4c[nH]c5ccccc45)n3CC3CCCO3)ccc2c1. The molecule has 1 saturated heterocycles. The van der Waals surface area contributed by atoms with E-state index in [1.807, 2.05) is 24.4 Å². The molecular formula is C25H23N5OS. The number of hydrogen-bond acceptors (Lipinski definition) is 5. The van der Waals surface area contributed by atoms with E-state index in [1.54, 1.807) is 11.8 Å². The van der Waals surface area contributed by atoms with Crippen LogP contribution in [0.15, 0.2) is 72.0 Å². The third-order valence-corrected chi connectivity index (χ3v) is 6.96. The van der Waals surface area contributed by atoms with Crippen LogP contribution in [-0.4, -0.2) is 37.4 Å². The van der Waals surface area contributed by atoms with Crippen molar-refractivity contribution in [3.63, 3.8) is 0 Å². The lowest BCUT2D eigenvalue weighted by Crippen LogP contribution is -2.16. The van der Waals surface area contributed by atoms with Crippen molar-refractivity contribution in [2.45, 2.75) is 36.4 Å². The molecule has 1 aliphatic heterocycles. The van der Waals surface area contributed by atoms with Gasteiger partial charge in [0.15, 0.2) is 11.0 Å². The lowest BCUT2D eigenvalue weighted by Gasteiger charge is -2.14. The maximum atomic E-state index is 5.95. The van der Waals surface area contributed by atoms with Crippen molar-refractivity contribution in [1.82, 2.24) is 24.7 Å². The van der Waals surface area contributed by atoms with E-state index < -0.39 is 0 Å². The Hall–Kier alpha value is -3.16. The van der Waals surface area contributed by atoms with E-state index in [-0.39, 0.29) is 6.10 Å². The van der Waals surface area contributed by atoms with E-state index in [0.717, 1.165) is 75.8 Å². The monoisotopic (exact) mass is 441 g/mol. The van der Waals surface area contributed by atoms with Gasteiger partial charge in [0.2, 0.25) is 0 Å². The van der Waals surface area contributed by atoms with Gasteiger partial charge in [-0.25, -0.2) is 0 Å². The number of aromatic nitrogens is 5. The van der Waals surface area contributed by atoms with Gasteiger partial charge in [-0.2, -0.15) is 0 Å². The average molecular weight is 442 g/mol. The number of rotatable bonds is 6. The van der Waals surface area contributed by atoms with E-state index in [0.29, 0.717) is 0 Å². The summed E-state index contributed by atoms with van der Waals surface area (Å²) < 4.78 is 8.17. The lowest BCUT2D eigenvalue weighted by molar-refractivity contribution is 0.0953. The van der Waals surface area contributed by atoms with Gasteiger partial charge < -0.3 is 9.72 Å². The van der Waals surface area contributed by atoms with Crippen LogP contribution in [0.4, 0.5) is 0 Å². The molecule has 0 saturated carbocycles. The molecule has 0 amide bonds. The number of H-pyrrole nitrogens is 1. The first kappa shape index (κ1) is 19.5. The summed E-state index contributed by atoms with van der Waals surface area (Å²) in [5.74, 6) is 1.62. The summed E-state index contributed by atoms with van der Waals surface area (Å²) in [6, 6.07) is 20.7. The van der Waals surface area contributed by atoms with E-state index in [2.05, 4.69) is 62.2 Å². The average Bonchev–Trinajstić information content (AvgIpc) is 3.58. The number of fused-ring (bicyclic) bond motifs is 2. The molecule has 160 valence electrons. The molecule has 6 nitrogen and oxygen atoms in total. The Morgan fingerprint density at radius 3 is 2.88 bits per heavy atom. The molecule has 7 heteroatoms. The fourth-order valence-electron chi connectivity index (χ4n) is 4.33. The van der Waals surface area contributed by atoms with Crippen LogP contribution in [0.1, 0.15) is 18.5 Å². The number of nitrogens with zero attached hydrogens (tertiary/aromatic N) is 4. The number of aromatic amines is 1. The zero-order chi connectivity index (χ0) is 21.3. The highest BCUT2D eigenvalue weighted by molar-refractivity contribution is 7.98. The standard InChI is InChI=1S/C25H23N5OS/c1-3-9-22-17(6-1)11-12-18(27-22)16-32-25-29-28-24(30(25)15-19-7-5-13-31-19)21-14-26-23-10-4-2-8-20(21)23/h1-4,6,8-12,14,19,26H,5,7,13,15-16H2. The van der Waals surface area contributed by atoms with Crippen molar-refractivity contribution >= 4 is 33.6 Å². The second kappa shape index (κ2) is 8.41. The fourth-order valence-corrected chi connectivity index (χ4v) is 5.19. The molecule has 4 heterocycles. The van der Waals surface area contributed by atoms with Crippen molar-refractivity contribution in [3.05, 3.63) is 72.6 Å². The molecule has 0 radical (unpaired) electrons. The molecule has 1 atom stereocenters. The predicted molar refractivity (Wildman–Crippen MR) is 128 cm³/mol. The van der Waals surface area contributed by atoms with Gasteiger partial charge in [-0.15, -0.1) is 10.2 Å². The Kier molecular flexibility index (Phi) is 5.13. The molecule has 6 rings (SSSR count). The van der Waals surface area contributed by atoms with E-state index in [9.17, 15) is 0 Å². The highest BCUT2D eigenvalue weighted by atomic mass is 32.2. The van der Waals surface area contributed by atoms with Crippen molar-refractivity contribution in [3.8, 4) is 11.4 Å². The second-order valence-corrected chi connectivity index (χ2v) is 9.03. The maximum Gasteiger partial charge on any atom is 0.191 e. The van der Waals surface area contributed by atoms with Gasteiger partial charge >= 0.3 is 0 Å². The Morgan fingerprint density at radius 1 is 1.03 bits per heavy atom. The van der Waals surface area contributed by atoms with Gasteiger partial charge in [0.1, 0.15) is 0 Å². The van der Waals surface area contributed by atoms with Gasteiger partial charge in [0, 0.05) is 40.4 Å². The molecule has 2 aromatic carbocycles. The molecule has 32 heavy (non-hydrogen) atoms. The molecule has 3 aromatic heterocycles. The summed E-state index contributed by atoms with van der Waals surface area (Å²) in [5.41, 5.74) is 4.23. The van der Waals surface area contributed by atoms with Crippen molar-refractivity contribution in [1.29, 1.82) is 0 Å². The van der Waals surface area contributed by atoms with Crippen LogP contribution < -0.4 is 0 Å². The van der Waals surface area contributed by atoms with Crippen LogP contribution in [0.2, 0.25) is 0 Å². The summed E-state index contributed by atoms with van der Waals surface area (Å²) in [4.78, 5) is 8.18. The van der Waals surface area contributed by atoms with Crippen LogP contribution in [-0.2, 0) is 17.0 Å². The minimum absolute atomic E-state index is 0.202. The number of para-hydroxylation sites is 2. The molecule has 0 aliphatic carbocycles. The van der Waals surface area contributed by atoms with Crippen LogP contribution in [0.5, 0.6) is 0 Å². The number of thioether (sulfide) groups is 1. The number of pyridine rings is 1. The largest absolute Gasteiger partial charge is 0.376 e. The Labute approximate surface area is 190 Å². The first-order chi connectivity index (χ1) is 15.8. The summed E-state index contributed by atoms with van der Waals surface area (Å²) in [5, 5.41) is 12.4. The van der Waals surface area contributed by atoms with Gasteiger partial charge in [0.25, 0.3) is 0 Å².